The fourth-order valence-electron chi connectivity index (χ4n) is 5.80. The summed E-state index contributed by atoms with van der Waals surface area (Å²) in [5.41, 5.74) is 11.8. The van der Waals surface area contributed by atoms with E-state index >= 15 is 0 Å². The number of oxime groups is 1. The van der Waals surface area contributed by atoms with Gasteiger partial charge in [-0.2, -0.15) is 18.2 Å². The molecule has 284 valence electrons. The first-order valence-electron chi connectivity index (χ1n) is 16.7. The second-order valence-electron chi connectivity index (χ2n) is 13.1. The lowest BCUT2D eigenvalue weighted by molar-refractivity contribution is -0.781. The average Bonchev–Trinajstić information content (AvgIpc) is 3.69. The number of allylic oxidation sites excluding steroid dienone is 2. The van der Waals surface area contributed by atoms with Crippen LogP contribution >= 0.6 is 11.3 Å². The lowest BCUT2D eigenvalue weighted by Gasteiger charge is -2.50. The first-order chi connectivity index (χ1) is 24.7. The van der Waals surface area contributed by atoms with Crippen molar-refractivity contribution < 1.29 is 51.0 Å². The zero-order valence-corrected chi connectivity index (χ0v) is 30.3. The highest BCUT2D eigenvalue weighted by Gasteiger charge is 2.58. The Balaban J connectivity index is 1.14. The Morgan fingerprint density at radius 1 is 1.31 bits per heavy atom. The molecule has 0 spiro atoms. The van der Waals surface area contributed by atoms with Crippen molar-refractivity contribution in [3.63, 3.8) is 0 Å². The number of hydrogen-bond acceptors (Lipinski definition) is 14. The number of carboxylic acid groups (broad SMARTS) is 1. The van der Waals surface area contributed by atoms with Crippen LogP contribution in [0.3, 0.4) is 0 Å². The van der Waals surface area contributed by atoms with E-state index in [0.29, 0.717) is 30.4 Å². The SMILES string of the molecule is CC1(C)[C@H](NC(=O)/C(=N\O[C@@H](CCCOC2C=CC(c3cn(CCCN)[n+](CC4CNC4)c3)=CC2)C(=O)O)c2csc(N)n2)C(=O)N1OS(=O)(=O)O. The molecule has 2 aromatic heterocycles. The molecular weight excluding hydrogens is 723 g/mol. The summed E-state index contributed by atoms with van der Waals surface area (Å²) in [4.78, 5) is 47.2. The van der Waals surface area contributed by atoms with Gasteiger partial charge < -0.3 is 36.8 Å². The van der Waals surface area contributed by atoms with Crippen molar-refractivity contribution >= 4 is 55.9 Å². The van der Waals surface area contributed by atoms with Gasteiger partial charge in [0.25, 0.3) is 11.8 Å². The second kappa shape index (κ2) is 16.6. The van der Waals surface area contributed by atoms with Crippen molar-refractivity contribution in [2.45, 2.75) is 76.4 Å². The van der Waals surface area contributed by atoms with E-state index in [1.165, 1.54) is 19.2 Å². The van der Waals surface area contributed by atoms with Gasteiger partial charge >= 0.3 is 16.4 Å². The first kappa shape index (κ1) is 39.0. The third-order valence-electron chi connectivity index (χ3n) is 8.79. The Morgan fingerprint density at radius 3 is 2.65 bits per heavy atom. The van der Waals surface area contributed by atoms with Gasteiger partial charge in [0.15, 0.2) is 17.4 Å². The summed E-state index contributed by atoms with van der Waals surface area (Å²) in [5, 5.41) is 21.2. The molecule has 8 N–H and O–H groups in total. The van der Waals surface area contributed by atoms with Gasteiger partial charge in [-0.05, 0) is 45.2 Å². The Morgan fingerprint density at radius 2 is 2.08 bits per heavy atom. The number of anilines is 1. The fraction of sp³-hybridized carbons (Fsp3) is 0.548. The van der Waals surface area contributed by atoms with Crippen LogP contribution in [-0.2, 0) is 51.7 Å². The molecule has 1 unspecified atom stereocenters. The number of ether oxygens (including phenoxy) is 1. The molecule has 3 atom stereocenters. The third kappa shape index (κ3) is 9.59. The van der Waals surface area contributed by atoms with E-state index in [1.54, 1.807) is 0 Å². The van der Waals surface area contributed by atoms with Crippen LogP contribution in [0, 0.1) is 5.92 Å². The van der Waals surface area contributed by atoms with Crippen molar-refractivity contribution in [1.29, 1.82) is 0 Å². The summed E-state index contributed by atoms with van der Waals surface area (Å²) in [6, 6.07) is -1.30. The number of aryl methyl sites for hydroxylation is 1. The van der Waals surface area contributed by atoms with E-state index in [9.17, 15) is 27.9 Å². The number of hydrogen-bond donors (Lipinski definition) is 6. The van der Waals surface area contributed by atoms with Crippen LogP contribution in [0.2, 0.25) is 0 Å². The van der Waals surface area contributed by atoms with E-state index in [-0.39, 0.29) is 30.0 Å². The molecule has 0 bridgehead atoms. The van der Waals surface area contributed by atoms with Gasteiger partial charge in [0, 0.05) is 37.4 Å². The Bertz CT molecular complexity index is 1830. The molecule has 19 nitrogen and oxygen atoms in total. The number of nitrogens with one attached hydrogen (secondary N) is 2. The molecule has 2 aliphatic heterocycles. The van der Waals surface area contributed by atoms with Gasteiger partial charge in [-0.15, -0.1) is 20.3 Å². The van der Waals surface area contributed by atoms with Gasteiger partial charge in [-0.1, -0.05) is 23.4 Å². The molecule has 0 saturated carbocycles. The van der Waals surface area contributed by atoms with Crippen LogP contribution in [0.1, 0.15) is 50.8 Å². The maximum Gasteiger partial charge on any atom is 0.418 e. The topological polar surface area (TPSA) is 267 Å². The monoisotopic (exact) mass is 766 g/mol. The van der Waals surface area contributed by atoms with Gasteiger partial charge in [-0.3, -0.25) is 14.1 Å². The molecule has 0 radical (unpaired) electrons. The van der Waals surface area contributed by atoms with Crippen molar-refractivity contribution in [3.8, 4) is 0 Å². The number of thiazole rings is 1. The number of β-lactam (4-membered cyclic amide) rings is 1. The van der Waals surface area contributed by atoms with Crippen molar-refractivity contribution in [2.75, 3.05) is 32.0 Å². The van der Waals surface area contributed by atoms with E-state index < -0.39 is 51.6 Å². The second-order valence-corrected chi connectivity index (χ2v) is 15.0. The smallest absolute Gasteiger partial charge is 0.418 e. The minimum Gasteiger partial charge on any atom is -0.478 e. The lowest BCUT2D eigenvalue weighted by atomic mass is 9.84. The molecule has 5 rings (SSSR count). The molecule has 2 fully saturated rings. The molecule has 3 aliphatic rings. The summed E-state index contributed by atoms with van der Waals surface area (Å²) >= 11 is 0.985. The van der Waals surface area contributed by atoms with Crippen molar-refractivity contribution in [2.24, 2.45) is 16.8 Å². The number of carbonyl (C=O) groups is 3. The van der Waals surface area contributed by atoms with Crippen LogP contribution in [0.4, 0.5) is 5.13 Å². The zero-order valence-electron chi connectivity index (χ0n) is 28.7. The average molecular weight is 767 g/mol. The lowest BCUT2D eigenvalue weighted by Crippen LogP contribution is -2.76. The number of carboxylic acids is 1. The minimum absolute atomic E-state index is 0.00658. The van der Waals surface area contributed by atoms with E-state index in [0.717, 1.165) is 55.1 Å². The number of rotatable bonds is 19. The predicted octanol–water partition coefficient (Wildman–Crippen LogP) is -0.395. The van der Waals surface area contributed by atoms with E-state index in [2.05, 4.69) is 52.9 Å². The Labute approximate surface area is 304 Å². The fourth-order valence-corrected chi connectivity index (χ4v) is 6.80. The molecule has 1 aliphatic carbocycles. The summed E-state index contributed by atoms with van der Waals surface area (Å²) in [6.45, 7) is 7.43. The highest BCUT2D eigenvalue weighted by molar-refractivity contribution is 7.80. The van der Waals surface area contributed by atoms with Crippen LogP contribution in [0.15, 0.2) is 41.2 Å². The summed E-state index contributed by atoms with van der Waals surface area (Å²) in [5.74, 6) is -2.67. The standard InChI is InChI=1S/C31H43N9O10S2/c1-31(2)26(28(42)40(31)50-52(45,46)47)36-27(41)25(23-18-51-30(33)35-23)37-49-24(29(43)44)5-3-12-48-22-8-6-20(7-9-22)21-16-38(11-4-10-32)39(17-21)15-19-13-34-14-19/h6-8,16-19,22,24,26,34H,3-5,9-15,32H2,1-2H3,(H4-,33,35,36,41,43,44,45,46,47)/p+1/b37-25-/t22?,24-,26+/m0/s1. The van der Waals surface area contributed by atoms with Crippen LogP contribution in [-0.4, -0.2) is 106 Å². The molecule has 2 aromatic rings. The summed E-state index contributed by atoms with van der Waals surface area (Å²) in [7, 11) is -5.01. The van der Waals surface area contributed by atoms with Crippen molar-refractivity contribution in [1.82, 2.24) is 25.4 Å². The zero-order chi connectivity index (χ0) is 37.6. The third-order valence-corrected chi connectivity index (χ3v) is 9.80. The number of carbonyl (C=O) groups excluding carboxylic acids is 2. The minimum atomic E-state index is -5.01. The van der Waals surface area contributed by atoms with Gasteiger partial charge in [0.05, 0.1) is 29.9 Å². The van der Waals surface area contributed by atoms with E-state index in [1.807, 2.05) is 12.2 Å². The Hall–Kier alpha value is -4.25. The number of aliphatic carboxylic acids is 1. The van der Waals surface area contributed by atoms with Crippen LogP contribution in [0.25, 0.3) is 5.57 Å². The maximum atomic E-state index is 13.3. The molecule has 52 heavy (non-hydrogen) atoms. The first-order valence-corrected chi connectivity index (χ1v) is 18.9. The Kier molecular flexibility index (Phi) is 12.4. The summed E-state index contributed by atoms with van der Waals surface area (Å²) < 4.78 is 46.0. The van der Waals surface area contributed by atoms with Gasteiger partial charge in [0.2, 0.25) is 12.3 Å². The maximum absolute atomic E-state index is 13.3. The predicted molar refractivity (Wildman–Crippen MR) is 186 cm³/mol. The molecule has 4 heterocycles. The highest BCUT2D eigenvalue weighted by Crippen LogP contribution is 2.33. The molecule has 2 saturated heterocycles. The van der Waals surface area contributed by atoms with Gasteiger partial charge in [-0.25, -0.2) is 9.78 Å². The number of amides is 2. The molecule has 21 heteroatoms. The van der Waals surface area contributed by atoms with Crippen molar-refractivity contribution in [3.05, 3.63) is 47.3 Å². The number of nitrogen functional groups attached to an aromatic ring is 1. The molecular formula is C31H44N9O10S2+. The number of nitrogens with zero attached hydrogens (tertiary/aromatic N) is 5. The largest absolute Gasteiger partial charge is 0.478 e. The molecule has 0 aromatic carbocycles. The highest BCUT2D eigenvalue weighted by atomic mass is 32.3. The van der Waals surface area contributed by atoms with Gasteiger partial charge in [0.1, 0.15) is 11.7 Å². The summed E-state index contributed by atoms with van der Waals surface area (Å²) in [6.07, 6.45) is 10.6. The number of aromatic nitrogens is 3. The van der Waals surface area contributed by atoms with Crippen LogP contribution in [0.5, 0.6) is 0 Å². The number of nitrogens with two attached hydrogens (primary N) is 2. The molecule has 2 amide bonds. The normalized spacial score (nSPS) is 20.9. The van der Waals surface area contributed by atoms with E-state index in [4.69, 9.17) is 25.6 Å². The number of hydroxylamine groups is 2. The van der Waals surface area contributed by atoms with Crippen LogP contribution < -0.4 is 26.8 Å². The quantitative estimate of drug-likeness (QED) is 0.0266.